The van der Waals surface area contributed by atoms with Crippen molar-refractivity contribution in [3.8, 4) is 0 Å². The molecule has 0 aromatic heterocycles. The molecule has 1 heteroatoms. The Morgan fingerprint density at radius 1 is 0.538 bits per heavy atom. The first kappa shape index (κ1) is 23.5. The van der Waals surface area contributed by atoms with Gasteiger partial charge in [0, 0.05) is 21.1 Å². The van der Waals surface area contributed by atoms with E-state index < -0.39 is 0 Å². The second kappa shape index (κ2) is 18.5. The fraction of sp³-hybridized carbons (Fsp3) is 0.750. The van der Waals surface area contributed by atoms with Gasteiger partial charge < -0.3 is 20.8 Å². The number of rotatable bonds is 0. The van der Waals surface area contributed by atoms with Gasteiger partial charge in [-0.2, -0.15) is 17.8 Å². The van der Waals surface area contributed by atoms with Crippen molar-refractivity contribution < 1.29 is 21.1 Å². The summed E-state index contributed by atoms with van der Waals surface area (Å²) in [7, 11) is 0. The van der Waals surface area contributed by atoms with E-state index in [0.29, 0.717) is 17.8 Å². The average molecular weight is 355 g/mol. The van der Waals surface area contributed by atoms with Crippen molar-refractivity contribution in [1.82, 2.24) is 0 Å². The van der Waals surface area contributed by atoms with Crippen LogP contribution in [0.25, 0.3) is 0 Å². The van der Waals surface area contributed by atoms with E-state index in [2.05, 4.69) is 62.3 Å². The van der Waals surface area contributed by atoms with Gasteiger partial charge in [0.2, 0.25) is 0 Å². The van der Waals surface area contributed by atoms with E-state index in [9.17, 15) is 0 Å². The Kier molecular flexibility index (Phi) is 33.4. The molecule has 13 heavy (non-hydrogen) atoms. The smallest absolute Gasteiger partial charge is 0 e. The normalized spacial score (nSPS) is 8.31. The Balaban J connectivity index is -0.0000000450. The summed E-state index contributed by atoms with van der Waals surface area (Å²) in [4.78, 5) is 0. The van der Waals surface area contributed by atoms with E-state index in [1.54, 1.807) is 0 Å². The molecule has 0 aromatic rings. The van der Waals surface area contributed by atoms with Gasteiger partial charge in [-0.15, -0.1) is 0 Å². The van der Waals surface area contributed by atoms with Crippen LogP contribution < -0.4 is 0 Å². The molecule has 0 amide bonds. The summed E-state index contributed by atoms with van der Waals surface area (Å²) in [6, 6.07) is 0. The number of hydrogen-bond acceptors (Lipinski definition) is 0. The van der Waals surface area contributed by atoms with E-state index in [1.165, 1.54) is 0 Å². The summed E-state index contributed by atoms with van der Waals surface area (Å²) in [5.74, 6) is 1.75. The molecule has 0 saturated carbocycles. The SMILES string of the molecule is [CH2-]C(C)C.[CH2-]C(C)C.[CH2-]C(C)C.[W]. The van der Waals surface area contributed by atoms with Gasteiger partial charge in [0.25, 0.3) is 0 Å². The molecule has 0 atom stereocenters. The Labute approximate surface area is 101 Å². The molecule has 0 aliphatic rings. The molecule has 0 spiro atoms. The summed E-state index contributed by atoms with van der Waals surface area (Å²) < 4.78 is 0. The van der Waals surface area contributed by atoms with Crippen LogP contribution in [0.3, 0.4) is 0 Å². The minimum absolute atomic E-state index is 0. The van der Waals surface area contributed by atoms with E-state index in [1.807, 2.05) is 0 Å². The first-order valence-corrected chi connectivity index (χ1v) is 4.69. The van der Waals surface area contributed by atoms with Gasteiger partial charge in [-0.25, -0.2) is 0 Å². The summed E-state index contributed by atoms with van der Waals surface area (Å²) in [6.45, 7) is 23.2. The minimum atomic E-state index is 0. The number of hydrogen-bond donors (Lipinski definition) is 0. The van der Waals surface area contributed by atoms with Gasteiger partial charge in [0.1, 0.15) is 0 Å². The Hall–Kier alpha value is 0.688. The third-order valence-corrected chi connectivity index (χ3v) is 0. The fourth-order valence-corrected chi connectivity index (χ4v) is 0. The maximum atomic E-state index is 3.64. The van der Waals surface area contributed by atoms with Crippen LogP contribution in [0.2, 0.25) is 0 Å². The van der Waals surface area contributed by atoms with Crippen LogP contribution in [-0.4, -0.2) is 0 Å². The standard InChI is InChI=1S/3C4H9.W/c3*1-4(2)3;/h3*4H,1H2,2-3H3;/q3*-1;. The van der Waals surface area contributed by atoms with Crippen LogP contribution in [0.5, 0.6) is 0 Å². The summed E-state index contributed by atoms with van der Waals surface area (Å²) >= 11 is 0. The van der Waals surface area contributed by atoms with E-state index in [-0.39, 0.29) is 21.1 Å². The van der Waals surface area contributed by atoms with Crippen molar-refractivity contribution >= 4 is 0 Å². The maximum Gasteiger partial charge on any atom is 0 e. The van der Waals surface area contributed by atoms with Crippen LogP contribution in [0, 0.1) is 38.5 Å². The van der Waals surface area contributed by atoms with Crippen molar-refractivity contribution in [3.63, 3.8) is 0 Å². The Bertz CT molecular complexity index is 33.6. The van der Waals surface area contributed by atoms with Crippen LogP contribution in [0.15, 0.2) is 0 Å². The molecule has 0 saturated heterocycles. The topological polar surface area (TPSA) is 0 Å². The van der Waals surface area contributed by atoms with Gasteiger partial charge >= 0.3 is 0 Å². The maximum absolute atomic E-state index is 3.64. The zero-order chi connectivity index (χ0) is 10.7. The molecular weight excluding hydrogens is 328 g/mol. The predicted octanol–water partition coefficient (Wildman–Crippen LogP) is 4.43. The largest absolute Gasteiger partial charge is 0.341 e. The molecule has 0 bridgehead atoms. The van der Waals surface area contributed by atoms with Crippen LogP contribution in [-0.2, 0) is 21.1 Å². The average Bonchev–Trinajstić information content (AvgIpc) is 1.54. The van der Waals surface area contributed by atoms with E-state index >= 15 is 0 Å². The molecule has 0 fully saturated rings. The van der Waals surface area contributed by atoms with Crippen molar-refractivity contribution in [2.24, 2.45) is 17.8 Å². The quantitative estimate of drug-likeness (QED) is 0.564. The molecule has 0 rings (SSSR count). The summed E-state index contributed by atoms with van der Waals surface area (Å²) in [6.07, 6.45) is 0. The van der Waals surface area contributed by atoms with Gasteiger partial charge in [-0.1, -0.05) is 41.5 Å². The predicted molar refractivity (Wildman–Crippen MR) is 60.6 cm³/mol. The van der Waals surface area contributed by atoms with E-state index in [4.69, 9.17) is 0 Å². The van der Waals surface area contributed by atoms with Crippen LogP contribution in [0.1, 0.15) is 41.5 Å². The monoisotopic (exact) mass is 355 g/mol. The third-order valence-electron chi connectivity index (χ3n) is 0. The third kappa shape index (κ3) is 3060. The summed E-state index contributed by atoms with van der Waals surface area (Å²) in [5.41, 5.74) is 0. The molecule has 0 aliphatic carbocycles. The van der Waals surface area contributed by atoms with Crippen LogP contribution >= 0.6 is 0 Å². The van der Waals surface area contributed by atoms with Crippen LogP contribution in [0.4, 0.5) is 0 Å². The van der Waals surface area contributed by atoms with Gasteiger partial charge in [0.15, 0.2) is 0 Å². The molecule has 0 radical (unpaired) electrons. The summed E-state index contributed by atoms with van der Waals surface area (Å²) in [5, 5.41) is 0. The zero-order valence-electron chi connectivity index (χ0n) is 10.3. The van der Waals surface area contributed by atoms with Gasteiger partial charge in [-0.05, 0) is 0 Å². The Morgan fingerprint density at radius 2 is 0.538 bits per heavy atom. The molecule has 0 aliphatic heterocycles. The molecule has 0 N–H and O–H groups in total. The van der Waals surface area contributed by atoms with Crippen molar-refractivity contribution in [2.45, 2.75) is 41.5 Å². The molecule has 0 unspecified atom stereocenters. The molecular formula is C12H27W-3. The van der Waals surface area contributed by atoms with E-state index in [0.717, 1.165) is 0 Å². The van der Waals surface area contributed by atoms with Gasteiger partial charge in [-0.3, -0.25) is 0 Å². The first-order valence-electron chi connectivity index (χ1n) is 4.69. The second-order valence-electron chi connectivity index (χ2n) is 4.18. The van der Waals surface area contributed by atoms with Crippen molar-refractivity contribution in [1.29, 1.82) is 0 Å². The zero-order valence-corrected chi connectivity index (χ0v) is 13.2. The first-order chi connectivity index (χ1) is 5.20. The Morgan fingerprint density at radius 3 is 0.538 bits per heavy atom. The molecule has 84 valence electrons. The molecule has 0 heterocycles. The van der Waals surface area contributed by atoms with Crippen molar-refractivity contribution in [2.75, 3.05) is 0 Å². The molecule has 0 aromatic carbocycles. The molecule has 0 nitrogen and oxygen atoms in total. The minimum Gasteiger partial charge on any atom is -0.341 e. The van der Waals surface area contributed by atoms with Crippen molar-refractivity contribution in [3.05, 3.63) is 20.8 Å². The van der Waals surface area contributed by atoms with Gasteiger partial charge in [0.05, 0.1) is 0 Å². The fourth-order valence-electron chi connectivity index (χ4n) is 0. The second-order valence-corrected chi connectivity index (χ2v) is 4.18.